The molecule has 4 unspecified atom stereocenters. The normalized spacial score (nSPS) is 36.7. The lowest BCUT2D eigenvalue weighted by atomic mass is 10.1. The van der Waals surface area contributed by atoms with Gasteiger partial charge in [-0.3, -0.25) is 0 Å². The van der Waals surface area contributed by atoms with Gasteiger partial charge in [0.25, 0.3) is 0 Å². The molecule has 5 heteroatoms. The van der Waals surface area contributed by atoms with E-state index in [9.17, 15) is 0 Å². The highest BCUT2D eigenvalue weighted by Gasteiger charge is 2.29. The van der Waals surface area contributed by atoms with Crippen molar-refractivity contribution in [2.24, 2.45) is 0 Å². The number of allylic oxidation sites excluding steroid dienone is 6. The molecule has 0 bridgehead atoms. The summed E-state index contributed by atoms with van der Waals surface area (Å²) in [5.41, 5.74) is -0.920. The molecule has 0 aromatic rings. The summed E-state index contributed by atoms with van der Waals surface area (Å²) in [6.45, 7) is 6.84. The van der Waals surface area contributed by atoms with Crippen LogP contribution in [-0.4, -0.2) is 49.8 Å². The van der Waals surface area contributed by atoms with Gasteiger partial charge < -0.3 is 23.7 Å². The van der Waals surface area contributed by atoms with E-state index in [1.807, 2.05) is 74.6 Å². The van der Waals surface area contributed by atoms with E-state index in [0.717, 1.165) is 24.7 Å². The molecule has 5 nitrogen and oxygen atoms in total. The molecule has 27 heavy (non-hydrogen) atoms. The van der Waals surface area contributed by atoms with Crippen molar-refractivity contribution in [1.29, 1.82) is 0 Å². The molecule has 4 atom stereocenters. The van der Waals surface area contributed by atoms with Crippen LogP contribution in [-0.2, 0) is 23.7 Å². The summed E-state index contributed by atoms with van der Waals surface area (Å²) < 4.78 is 28.4. The quantitative estimate of drug-likeness (QED) is 0.613. The Kier molecular flexibility index (Phi) is 5.19. The maximum absolute atomic E-state index is 6.04. The van der Waals surface area contributed by atoms with Crippen molar-refractivity contribution < 1.29 is 23.7 Å². The number of hydrogen-bond donors (Lipinski definition) is 0. The Morgan fingerprint density at radius 2 is 1.26 bits per heavy atom. The van der Waals surface area contributed by atoms with Gasteiger partial charge in [-0.1, -0.05) is 12.2 Å². The molecule has 2 heterocycles. The molecule has 0 N–H and O–H groups in total. The third kappa shape index (κ3) is 5.53. The summed E-state index contributed by atoms with van der Waals surface area (Å²) in [6, 6.07) is 0. The zero-order valence-corrected chi connectivity index (χ0v) is 15.8. The van der Waals surface area contributed by atoms with Crippen molar-refractivity contribution in [3.05, 3.63) is 72.3 Å². The van der Waals surface area contributed by atoms with Crippen LogP contribution in [0, 0.1) is 0 Å². The van der Waals surface area contributed by atoms with E-state index in [1.165, 1.54) is 0 Å². The van der Waals surface area contributed by atoms with Gasteiger partial charge in [-0.2, -0.15) is 0 Å². The fraction of sp³-hybridized carbons (Fsp3) is 0.455. The number of epoxide rings is 2. The molecule has 2 saturated heterocycles. The molecule has 0 aromatic heterocycles. The maximum Gasteiger partial charge on any atom is 0.127 e. The van der Waals surface area contributed by atoms with Gasteiger partial charge in [0.2, 0.25) is 0 Å². The molecule has 2 fully saturated rings. The minimum Gasteiger partial charge on any atom is -0.457 e. The van der Waals surface area contributed by atoms with Crippen LogP contribution in [0.25, 0.3) is 0 Å². The van der Waals surface area contributed by atoms with E-state index in [-0.39, 0.29) is 12.2 Å². The van der Waals surface area contributed by atoms with Gasteiger partial charge in [0.05, 0.1) is 26.4 Å². The molecular weight excluding hydrogens is 344 g/mol. The third-order valence-corrected chi connectivity index (χ3v) is 4.73. The van der Waals surface area contributed by atoms with Gasteiger partial charge in [0.1, 0.15) is 34.9 Å². The van der Waals surface area contributed by atoms with E-state index in [2.05, 4.69) is 0 Å². The van der Waals surface area contributed by atoms with Gasteiger partial charge in [-0.05, 0) is 62.5 Å². The van der Waals surface area contributed by atoms with Crippen molar-refractivity contribution >= 4 is 0 Å². The van der Waals surface area contributed by atoms with Crippen LogP contribution in [0.1, 0.15) is 13.8 Å². The van der Waals surface area contributed by atoms with Gasteiger partial charge in [-0.25, -0.2) is 0 Å². The minimum atomic E-state index is -0.460. The Balaban J connectivity index is 1.34. The zero-order chi connectivity index (χ0) is 18.7. The number of ether oxygens (including phenoxy) is 5. The molecule has 0 amide bonds. The maximum atomic E-state index is 6.04. The summed E-state index contributed by atoms with van der Waals surface area (Å²) in [5.74, 6) is 1.50. The molecule has 0 spiro atoms. The second-order valence-corrected chi connectivity index (χ2v) is 7.53. The first-order chi connectivity index (χ1) is 13.0. The van der Waals surface area contributed by atoms with Crippen LogP contribution < -0.4 is 0 Å². The highest BCUT2D eigenvalue weighted by Crippen LogP contribution is 2.25. The Labute approximate surface area is 160 Å². The SMILES string of the molecule is CC1(OCC2CO2)C=CC=C(OC2=CC=CC(C)(OCC3CO3)C=C2)C=C1. The topological polar surface area (TPSA) is 52.8 Å². The molecule has 2 aliphatic heterocycles. The predicted molar refractivity (Wildman–Crippen MR) is 102 cm³/mol. The highest BCUT2D eigenvalue weighted by atomic mass is 16.6. The van der Waals surface area contributed by atoms with Crippen molar-refractivity contribution in [2.75, 3.05) is 26.4 Å². The van der Waals surface area contributed by atoms with Gasteiger partial charge in [0.15, 0.2) is 0 Å². The predicted octanol–water partition coefficient (Wildman–Crippen LogP) is 3.37. The second-order valence-electron chi connectivity index (χ2n) is 7.53. The first-order valence-corrected chi connectivity index (χ1v) is 9.38. The lowest BCUT2D eigenvalue weighted by molar-refractivity contribution is 0.0311. The van der Waals surface area contributed by atoms with Crippen LogP contribution in [0.4, 0.5) is 0 Å². The minimum absolute atomic E-state index is 0.242. The lowest BCUT2D eigenvalue weighted by Gasteiger charge is -2.22. The molecule has 0 aromatic carbocycles. The molecule has 2 aliphatic carbocycles. The average molecular weight is 370 g/mol. The highest BCUT2D eigenvalue weighted by molar-refractivity contribution is 5.34. The monoisotopic (exact) mass is 370 g/mol. The van der Waals surface area contributed by atoms with Crippen LogP contribution in [0.5, 0.6) is 0 Å². The van der Waals surface area contributed by atoms with Crippen molar-refractivity contribution in [1.82, 2.24) is 0 Å². The first kappa shape index (κ1) is 18.4. The standard InChI is InChI=1S/C22H26O5/c1-21(25-15-19-13-23-19)9-3-5-17(7-11-21)27-18-6-4-10-22(2,12-8-18)26-16-20-14-24-20/h3-12,19-20H,13-16H2,1-2H3. The first-order valence-electron chi connectivity index (χ1n) is 9.38. The zero-order valence-electron chi connectivity index (χ0n) is 15.8. The van der Waals surface area contributed by atoms with Crippen molar-refractivity contribution in [2.45, 2.75) is 37.3 Å². The average Bonchev–Trinajstić information content (AvgIpc) is 3.51. The smallest absolute Gasteiger partial charge is 0.127 e. The summed E-state index contributed by atoms with van der Waals surface area (Å²) in [4.78, 5) is 0. The van der Waals surface area contributed by atoms with Crippen molar-refractivity contribution in [3.8, 4) is 0 Å². The number of hydrogen-bond acceptors (Lipinski definition) is 5. The second kappa shape index (κ2) is 7.60. The van der Waals surface area contributed by atoms with Gasteiger partial charge in [0, 0.05) is 0 Å². The summed E-state index contributed by atoms with van der Waals surface area (Å²) in [7, 11) is 0. The molecule has 4 rings (SSSR count). The molecule has 0 radical (unpaired) electrons. The van der Waals surface area contributed by atoms with E-state index in [1.54, 1.807) is 0 Å². The van der Waals surface area contributed by atoms with Crippen LogP contribution >= 0.6 is 0 Å². The molecular formula is C22H26O5. The Morgan fingerprint density at radius 3 is 1.67 bits per heavy atom. The summed E-state index contributed by atoms with van der Waals surface area (Å²) in [5, 5.41) is 0. The fourth-order valence-corrected chi connectivity index (χ4v) is 2.72. The van der Waals surface area contributed by atoms with E-state index in [4.69, 9.17) is 23.7 Å². The van der Waals surface area contributed by atoms with Gasteiger partial charge >= 0.3 is 0 Å². The van der Waals surface area contributed by atoms with E-state index >= 15 is 0 Å². The van der Waals surface area contributed by atoms with Crippen LogP contribution in [0.2, 0.25) is 0 Å². The fourth-order valence-electron chi connectivity index (χ4n) is 2.72. The Hall–Kier alpha value is -1.92. The van der Waals surface area contributed by atoms with Crippen LogP contribution in [0.3, 0.4) is 0 Å². The third-order valence-electron chi connectivity index (χ3n) is 4.73. The molecule has 0 saturated carbocycles. The van der Waals surface area contributed by atoms with Crippen LogP contribution in [0.15, 0.2) is 72.3 Å². The largest absolute Gasteiger partial charge is 0.457 e. The van der Waals surface area contributed by atoms with Crippen molar-refractivity contribution in [3.63, 3.8) is 0 Å². The molecule has 144 valence electrons. The summed E-state index contributed by atoms with van der Waals surface area (Å²) >= 11 is 0. The Morgan fingerprint density at radius 1 is 0.815 bits per heavy atom. The molecule has 4 aliphatic rings. The van der Waals surface area contributed by atoms with Gasteiger partial charge in [-0.15, -0.1) is 0 Å². The summed E-state index contributed by atoms with van der Waals surface area (Å²) in [6.07, 6.45) is 20.2. The Bertz CT molecular complexity index is 674. The number of rotatable bonds is 8. The van der Waals surface area contributed by atoms with E-state index < -0.39 is 11.2 Å². The van der Waals surface area contributed by atoms with E-state index in [0.29, 0.717) is 13.2 Å². The lowest BCUT2D eigenvalue weighted by Crippen LogP contribution is -2.25.